The number of amides is 1. The second-order valence-corrected chi connectivity index (χ2v) is 9.77. The molecule has 1 aliphatic heterocycles. The molecule has 4 rings (SSSR count). The Morgan fingerprint density at radius 3 is 1.86 bits per heavy atom. The molecule has 1 aliphatic rings. The van der Waals surface area contributed by atoms with Crippen LogP contribution in [0.5, 0.6) is 11.5 Å². The van der Waals surface area contributed by atoms with E-state index in [1.54, 1.807) is 30.3 Å². The Morgan fingerprint density at radius 2 is 1.38 bits per heavy atom. The van der Waals surface area contributed by atoms with Crippen LogP contribution < -0.4 is 30.5 Å². The molecule has 2 N–H and O–H groups in total. The lowest BCUT2D eigenvalue weighted by atomic mass is 10.2. The van der Waals surface area contributed by atoms with Gasteiger partial charge >= 0.3 is 0 Å². The van der Waals surface area contributed by atoms with E-state index in [1.165, 1.54) is 0 Å². The fourth-order valence-corrected chi connectivity index (χ4v) is 4.74. The number of rotatable bonds is 10. The molecule has 3 aromatic rings. The normalized spacial score (nSPS) is 14.0. The van der Waals surface area contributed by atoms with Crippen LogP contribution in [0.3, 0.4) is 0 Å². The summed E-state index contributed by atoms with van der Waals surface area (Å²) in [6.45, 7) is 0. The average molecular weight is 620 g/mol. The van der Waals surface area contributed by atoms with Crippen LogP contribution in [-0.2, 0) is 27.0 Å². The van der Waals surface area contributed by atoms with Crippen LogP contribution in [0.4, 0.5) is 28.4 Å². The maximum absolute atomic E-state index is 13.1. The standard InChI is InChI=1S/C22H19N7O11S2/c1-39-17-8-15(28(31)32)19(41(35)36)10-13(17)26-24-21(22(30)23-12-6-4-3-5-7-12)25-27(26)14-11-20(42(37)38)16(29(33)34)9-18(14)40-2/h3-11H,1-2H3,(H,23,30)(H,24,25)(H,35,36)(H,37,38)/p-2. The maximum Gasteiger partial charge on any atom is 0.294 e. The second-order valence-electron chi connectivity index (χ2n) is 7.95. The lowest BCUT2D eigenvalue weighted by molar-refractivity contribution is -0.388. The molecule has 1 amide bonds. The predicted octanol–water partition coefficient (Wildman–Crippen LogP) is 1.69. The molecule has 2 unspecified atom stereocenters. The number of nitro groups is 2. The van der Waals surface area contributed by atoms with E-state index in [1.807, 2.05) is 0 Å². The lowest BCUT2D eigenvalue weighted by Gasteiger charge is -2.30. The van der Waals surface area contributed by atoms with Crippen LogP contribution in [0.25, 0.3) is 0 Å². The Kier molecular flexibility index (Phi) is 8.61. The van der Waals surface area contributed by atoms with Gasteiger partial charge in [0.1, 0.15) is 21.2 Å². The van der Waals surface area contributed by atoms with Crippen LogP contribution in [0.1, 0.15) is 0 Å². The zero-order chi connectivity index (χ0) is 30.7. The van der Waals surface area contributed by atoms with Crippen LogP contribution in [0, 0.1) is 20.2 Å². The molecule has 20 heteroatoms. The van der Waals surface area contributed by atoms with Crippen molar-refractivity contribution in [2.75, 3.05) is 29.8 Å². The topological polar surface area (TPSA) is 245 Å². The number of para-hydroxylation sites is 1. The first-order valence-electron chi connectivity index (χ1n) is 11.2. The van der Waals surface area contributed by atoms with Crippen molar-refractivity contribution in [2.45, 2.75) is 9.79 Å². The summed E-state index contributed by atoms with van der Waals surface area (Å²) in [5.74, 6) is -1.82. The summed E-state index contributed by atoms with van der Waals surface area (Å²) in [5.41, 5.74) is 0.793. The van der Waals surface area contributed by atoms with Gasteiger partial charge < -0.3 is 23.9 Å². The van der Waals surface area contributed by atoms with Gasteiger partial charge in [-0.15, -0.1) is 10.2 Å². The largest absolute Gasteiger partial charge is 0.768 e. The fourth-order valence-electron chi connectivity index (χ4n) is 3.72. The number of hydrogen-bond donors (Lipinski definition) is 2. The minimum absolute atomic E-state index is 0.251. The van der Waals surface area contributed by atoms with Crippen molar-refractivity contribution >= 4 is 62.3 Å². The average Bonchev–Trinajstić information content (AvgIpc) is 3.41. The maximum atomic E-state index is 13.1. The highest BCUT2D eigenvalue weighted by Gasteiger charge is 2.36. The number of hydrogen-bond acceptors (Lipinski definition) is 15. The van der Waals surface area contributed by atoms with Gasteiger partial charge in [0.05, 0.1) is 36.2 Å². The zero-order valence-electron chi connectivity index (χ0n) is 21.2. The van der Waals surface area contributed by atoms with Crippen LogP contribution in [0.2, 0.25) is 0 Å². The van der Waals surface area contributed by atoms with Gasteiger partial charge in [-0.25, -0.2) is 0 Å². The number of nitrogens with zero attached hydrogens (tertiary/aromatic N) is 5. The zero-order valence-corrected chi connectivity index (χ0v) is 22.9. The number of nitrogens with one attached hydrogen (secondary N) is 2. The summed E-state index contributed by atoms with van der Waals surface area (Å²) in [7, 11) is 2.26. The molecule has 0 saturated carbocycles. The van der Waals surface area contributed by atoms with Crippen LogP contribution in [-0.4, -0.2) is 53.3 Å². The summed E-state index contributed by atoms with van der Waals surface area (Å²) in [5, 5.41) is 31.5. The molecule has 18 nitrogen and oxygen atoms in total. The molecule has 220 valence electrons. The molecule has 3 aromatic carbocycles. The van der Waals surface area contributed by atoms with E-state index in [0.717, 1.165) is 48.7 Å². The Morgan fingerprint density at radius 1 is 0.881 bits per heavy atom. The van der Waals surface area contributed by atoms with Crippen molar-refractivity contribution < 1.29 is 41.6 Å². The first kappa shape index (κ1) is 29.8. The van der Waals surface area contributed by atoms with Gasteiger partial charge in [-0.1, -0.05) is 18.2 Å². The molecule has 42 heavy (non-hydrogen) atoms. The number of amidine groups is 1. The molecule has 0 aromatic heterocycles. The molecule has 0 bridgehead atoms. The Bertz CT molecular complexity index is 1670. The minimum atomic E-state index is -3.13. The van der Waals surface area contributed by atoms with Gasteiger partial charge in [0.15, 0.2) is 11.5 Å². The number of carbonyl (C=O) groups is 1. The number of hydrazone groups is 1. The Balaban J connectivity index is 1.94. The molecule has 0 fully saturated rings. The van der Waals surface area contributed by atoms with E-state index in [9.17, 15) is 42.5 Å². The summed E-state index contributed by atoms with van der Waals surface area (Å²) in [6.07, 6.45) is 0. The number of carbonyl (C=O) groups excluding carboxylic acids is 1. The lowest BCUT2D eigenvalue weighted by Crippen LogP contribution is -2.47. The van der Waals surface area contributed by atoms with Crippen molar-refractivity contribution in [3.8, 4) is 11.5 Å². The van der Waals surface area contributed by atoms with E-state index < -0.39 is 64.9 Å². The number of ether oxygens (including phenoxy) is 2. The summed E-state index contributed by atoms with van der Waals surface area (Å²) in [6, 6.07) is 11.5. The van der Waals surface area contributed by atoms with Gasteiger partial charge in [0, 0.05) is 5.69 Å². The molecular weight excluding hydrogens is 602 g/mol. The molecule has 2 atom stereocenters. The molecule has 0 radical (unpaired) electrons. The molecule has 1 heterocycles. The van der Waals surface area contributed by atoms with Gasteiger partial charge in [0.2, 0.25) is 5.84 Å². The highest BCUT2D eigenvalue weighted by atomic mass is 32.2. The van der Waals surface area contributed by atoms with Crippen molar-refractivity contribution in [2.24, 2.45) is 5.10 Å². The second kappa shape index (κ2) is 12.1. The monoisotopic (exact) mass is 619 g/mol. The van der Waals surface area contributed by atoms with Crippen molar-refractivity contribution in [1.82, 2.24) is 5.43 Å². The first-order chi connectivity index (χ1) is 20.0. The van der Waals surface area contributed by atoms with E-state index in [4.69, 9.17) is 9.47 Å². The Labute approximate surface area is 240 Å². The van der Waals surface area contributed by atoms with E-state index in [-0.39, 0.29) is 22.9 Å². The van der Waals surface area contributed by atoms with Gasteiger partial charge in [-0.05, 0) is 46.4 Å². The van der Waals surface area contributed by atoms with Crippen LogP contribution >= 0.6 is 0 Å². The number of benzene rings is 3. The molecular formula is C22H17N7O11S2-2. The minimum Gasteiger partial charge on any atom is -0.768 e. The first-order valence-corrected chi connectivity index (χ1v) is 13.3. The highest BCUT2D eigenvalue weighted by Crippen LogP contribution is 2.42. The number of hydrazine groups is 2. The quantitative estimate of drug-likeness (QED) is 0.186. The number of nitro benzene ring substituents is 2. The predicted molar refractivity (Wildman–Crippen MR) is 144 cm³/mol. The number of anilines is 3. The highest BCUT2D eigenvalue weighted by molar-refractivity contribution is 7.79. The van der Waals surface area contributed by atoms with Crippen molar-refractivity contribution in [3.63, 3.8) is 0 Å². The summed E-state index contributed by atoms with van der Waals surface area (Å²) in [4.78, 5) is 32.7. The fraction of sp³-hybridized carbons (Fsp3) is 0.0909. The van der Waals surface area contributed by atoms with Crippen LogP contribution in [0.15, 0.2) is 69.5 Å². The summed E-state index contributed by atoms with van der Waals surface area (Å²) < 4.78 is 58.1. The van der Waals surface area contributed by atoms with Gasteiger partial charge in [0.25, 0.3) is 17.3 Å². The SMILES string of the molecule is COc1cc([N+](=O)[O-])c(S(=O)[O-])cc1N1N=C(C(=O)Nc2ccccc2)NN1c1cc(S(=O)[O-])c([N+](=O)[O-])cc1OC. The molecule has 0 spiro atoms. The summed E-state index contributed by atoms with van der Waals surface area (Å²) >= 11 is -6.25. The third-order valence-corrected chi connectivity index (χ3v) is 6.93. The third-order valence-electron chi connectivity index (χ3n) is 5.56. The van der Waals surface area contributed by atoms with E-state index >= 15 is 0 Å². The van der Waals surface area contributed by atoms with Crippen molar-refractivity contribution in [3.05, 3.63) is 74.8 Å². The van der Waals surface area contributed by atoms with E-state index in [0.29, 0.717) is 5.69 Å². The van der Waals surface area contributed by atoms with Crippen molar-refractivity contribution in [1.29, 1.82) is 0 Å². The number of methoxy groups -OCH3 is 2. The van der Waals surface area contributed by atoms with E-state index in [2.05, 4.69) is 15.8 Å². The third kappa shape index (κ3) is 5.81. The smallest absolute Gasteiger partial charge is 0.294 e. The van der Waals surface area contributed by atoms with Gasteiger partial charge in [-0.2, -0.15) is 5.12 Å². The van der Waals surface area contributed by atoms with Gasteiger partial charge in [-0.3, -0.25) is 38.9 Å². The Hall–Kier alpha value is -5.18. The molecule has 0 saturated heterocycles. The molecule has 0 aliphatic carbocycles.